The van der Waals surface area contributed by atoms with Gasteiger partial charge in [0.15, 0.2) is 0 Å². The van der Waals surface area contributed by atoms with Crippen LogP contribution in [0.3, 0.4) is 0 Å². The fourth-order valence-corrected chi connectivity index (χ4v) is 1.93. The molecule has 2 amide bonds. The van der Waals surface area contributed by atoms with E-state index in [-0.39, 0.29) is 11.8 Å². The van der Waals surface area contributed by atoms with Crippen LogP contribution in [0.25, 0.3) is 0 Å². The number of nitrogens with two attached hydrogens (primary N) is 1. The Morgan fingerprint density at radius 2 is 1.83 bits per heavy atom. The van der Waals surface area contributed by atoms with Gasteiger partial charge >= 0.3 is 0 Å². The third kappa shape index (κ3) is 10.3. The number of rotatable bonds is 8. The van der Waals surface area contributed by atoms with Gasteiger partial charge in [-0.05, 0) is 43.4 Å². The van der Waals surface area contributed by atoms with Gasteiger partial charge < -0.3 is 15.8 Å². The van der Waals surface area contributed by atoms with E-state index in [1.54, 1.807) is 7.11 Å². The second kappa shape index (κ2) is 12.5. The van der Waals surface area contributed by atoms with E-state index in [1.165, 1.54) is 5.56 Å². The SMILES string of the molecule is CCCC(=O)NCCc1ccc(C)c(OC)c1.CCCC(N)=O. The van der Waals surface area contributed by atoms with Crippen molar-refractivity contribution in [3.63, 3.8) is 0 Å². The number of hydrogen-bond donors (Lipinski definition) is 2. The van der Waals surface area contributed by atoms with E-state index < -0.39 is 0 Å². The van der Waals surface area contributed by atoms with Crippen LogP contribution in [-0.2, 0) is 16.0 Å². The summed E-state index contributed by atoms with van der Waals surface area (Å²) in [5.41, 5.74) is 7.08. The molecule has 5 heteroatoms. The van der Waals surface area contributed by atoms with Crippen LogP contribution >= 0.6 is 0 Å². The largest absolute Gasteiger partial charge is 0.496 e. The minimum Gasteiger partial charge on any atom is -0.496 e. The molecule has 0 aliphatic rings. The zero-order chi connectivity index (χ0) is 17.7. The number of carbonyl (C=O) groups excluding carboxylic acids is 2. The van der Waals surface area contributed by atoms with Crippen molar-refractivity contribution in [1.29, 1.82) is 0 Å². The average molecular weight is 322 g/mol. The van der Waals surface area contributed by atoms with Crippen molar-refractivity contribution in [2.75, 3.05) is 13.7 Å². The van der Waals surface area contributed by atoms with Crippen LogP contribution < -0.4 is 15.8 Å². The molecule has 1 aromatic carbocycles. The molecule has 0 saturated heterocycles. The molecule has 0 radical (unpaired) electrons. The molecule has 23 heavy (non-hydrogen) atoms. The van der Waals surface area contributed by atoms with Crippen molar-refractivity contribution < 1.29 is 14.3 Å². The fraction of sp³-hybridized carbons (Fsp3) is 0.556. The van der Waals surface area contributed by atoms with E-state index in [1.807, 2.05) is 32.9 Å². The van der Waals surface area contributed by atoms with Crippen molar-refractivity contribution in [3.8, 4) is 5.75 Å². The predicted octanol–water partition coefficient (Wildman–Crippen LogP) is 2.73. The van der Waals surface area contributed by atoms with Crippen molar-refractivity contribution in [2.24, 2.45) is 5.73 Å². The molecular formula is C18H30N2O3. The number of ether oxygens (including phenoxy) is 1. The Balaban J connectivity index is 0.000000688. The number of aryl methyl sites for hydroxylation is 1. The lowest BCUT2D eigenvalue weighted by atomic mass is 10.1. The van der Waals surface area contributed by atoms with E-state index in [4.69, 9.17) is 10.5 Å². The Bertz CT molecular complexity index is 487. The number of methoxy groups -OCH3 is 1. The van der Waals surface area contributed by atoms with Crippen LogP contribution in [0, 0.1) is 6.92 Å². The maximum atomic E-state index is 11.3. The smallest absolute Gasteiger partial charge is 0.219 e. The van der Waals surface area contributed by atoms with Crippen LogP contribution in [0.5, 0.6) is 5.75 Å². The van der Waals surface area contributed by atoms with E-state index >= 15 is 0 Å². The standard InChI is InChI=1S/C14H21NO2.C4H9NO/c1-4-5-14(16)15-9-8-12-7-6-11(2)13(10-12)17-3;1-2-3-4(5)6/h6-7,10H,4-5,8-9H2,1-3H3,(H,15,16);2-3H2,1H3,(H2,5,6). The predicted molar refractivity (Wildman–Crippen MR) is 93.5 cm³/mol. The first kappa shape index (κ1) is 21.0. The molecule has 0 heterocycles. The van der Waals surface area contributed by atoms with Gasteiger partial charge in [-0.25, -0.2) is 0 Å². The Hall–Kier alpha value is -2.04. The molecular weight excluding hydrogens is 292 g/mol. The summed E-state index contributed by atoms with van der Waals surface area (Å²) in [5.74, 6) is 0.825. The van der Waals surface area contributed by atoms with E-state index in [9.17, 15) is 9.59 Å². The minimum absolute atomic E-state index is 0.131. The van der Waals surface area contributed by atoms with Crippen molar-refractivity contribution in [1.82, 2.24) is 5.32 Å². The number of hydrogen-bond acceptors (Lipinski definition) is 3. The molecule has 1 aromatic rings. The Kier molecular flexibility index (Phi) is 11.4. The van der Waals surface area contributed by atoms with E-state index in [0.29, 0.717) is 19.4 Å². The van der Waals surface area contributed by atoms with Gasteiger partial charge in [0.05, 0.1) is 7.11 Å². The zero-order valence-corrected chi connectivity index (χ0v) is 14.8. The van der Waals surface area contributed by atoms with Gasteiger partial charge in [0.25, 0.3) is 0 Å². The highest BCUT2D eigenvalue weighted by molar-refractivity contribution is 5.75. The highest BCUT2D eigenvalue weighted by Gasteiger charge is 2.02. The second-order valence-corrected chi connectivity index (χ2v) is 5.37. The fourth-order valence-electron chi connectivity index (χ4n) is 1.93. The Morgan fingerprint density at radius 1 is 1.17 bits per heavy atom. The molecule has 130 valence electrons. The van der Waals surface area contributed by atoms with Crippen molar-refractivity contribution in [2.45, 2.75) is 52.9 Å². The van der Waals surface area contributed by atoms with Gasteiger partial charge in [0, 0.05) is 19.4 Å². The topological polar surface area (TPSA) is 81.4 Å². The van der Waals surface area contributed by atoms with Crippen LogP contribution in [0.4, 0.5) is 0 Å². The summed E-state index contributed by atoms with van der Waals surface area (Å²) < 4.78 is 5.26. The van der Waals surface area contributed by atoms with Gasteiger partial charge in [-0.2, -0.15) is 0 Å². The molecule has 3 N–H and O–H groups in total. The monoisotopic (exact) mass is 322 g/mol. The molecule has 0 aliphatic heterocycles. The summed E-state index contributed by atoms with van der Waals surface area (Å²) >= 11 is 0. The molecule has 0 aliphatic carbocycles. The number of primary amides is 1. The van der Waals surface area contributed by atoms with Crippen LogP contribution in [-0.4, -0.2) is 25.5 Å². The first-order valence-corrected chi connectivity index (χ1v) is 8.13. The maximum absolute atomic E-state index is 11.3. The molecule has 0 fully saturated rings. The molecule has 0 aromatic heterocycles. The van der Waals surface area contributed by atoms with Crippen LogP contribution in [0.1, 0.15) is 50.7 Å². The highest BCUT2D eigenvalue weighted by atomic mass is 16.5. The van der Waals surface area contributed by atoms with E-state index in [2.05, 4.69) is 11.4 Å². The third-order valence-corrected chi connectivity index (χ3v) is 3.18. The summed E-state index contributed by atoms with van der Waals surface area (Å²) in [6, 6.07) is 6.15. The van der Waals surface area contributed by atoms with Gasteiger partial charge in [0.2, 0.25) is 11.8 Å². The van der Waals surface area contributed by atoms with Gasteiger partial charge in [0.1, 0.15) is 5.75 Å². The summed E-state index contributed by atoms with van der Waals surface area (Å²) in [4.78, 5) is 21.1. The quantitative estimate of drug-likeness (QED) is 0.772. The summed E-state index contributed by atoms with van der Waals surface area (Å²) in [7, 11) is 1.68. The summed E-state index contributed by atoms with van der Waals surface area (Å²) in [6.45, 7) is 6.63. The molecule has 0 unspecified atom stereocenters. The first-order valence-electron chi connectivity index (χ1n) is 8.13. The second-order valence-electron chi connectivity index (χ2n) is 5.37. The lowest BCUT2D eigenvalue weighted by Crippen LogP contribution is -2.25. The van der Waals surface area contributed by atoms with Crippen molar-refractivity contribution in [3.05, 3.63) is 29.3 Å². The highest BCUT2D eigenvalue weighted by Crippen LogP contribution is 2.18. The Morgan fingerprint density at radius 3 is 2.30 bits per heavy atom. The third-order valence-electron chi connectivity index (χ3n) is 3.18. The van der Waals surface area contributed by atoms with Gasteiger partial charge in [-0.15, -0.1) is 0 Å². The number of carbonyl (C=O) groups is 2. The summed E-state index contributed by atoms with van der Waals surface area (Å²) in [6.07, 6.45) is 3.71. The molecule has 0 spiro atoms. The molecule has 0 saturated carbocycles. The van der Waals surface area contributed by atoms with E-state index in [0.717, 1.165) is 30.6 Å². The van der Waals surface area contributed by atoms with Crippen LogP contribution in [0.15, 0.2) is 18.2 Å². The number of benzene rings is 1. The molecule has 1 rings (SSSR count). The normalized spacial score (nSPS) is 9.57. The lowest BCUT2D eigenvalue weighted by molar-refractivity contribution is -0.121. The van der Waals surface area contributed by atoms with Gasteiger partial charge in [-0.3, -0.25) is 9.59 Å². The number of nitrogens with one attached hydrogen (secondary N) is 1. The minimum atomic E-state index is -0.211. The Labute approximate surface area is 139 Å². The zero-order valence-electron chi connectivity index (χ0n) is 14.8. The van der Waals surface area contributed by atoms with Gasteiger partial charge in [-0.1, -0.05) is 26.0 Å². The van der Waals surface area contributed by atoms with Crippen molar-refractivity contribution >= 4 is 11.8 Å². The first-order chi connectivity index (χ1) is 10.9. The lowest BCUT2D eigenvalue weighted by Gasteiger charge is -2.08. The molecule has 0 bridgehead atoms. The molecule has 5 nitrogen and oxygen atoms in total. The van der Waals surface area contributed by atoms with Crippen LogP contribution in [0.2, 0.25) is 0 Å². The maximum Gasteiger partial charge on any atom is 0.219 e. The molecule has 0 atom stereocenters. The average Bonchev–Trinajstić information content (AvgIpc) is 2.49. The summed E-state index contributed by atoms with van der Waals surface area (Å²) in [5, 5.41) is 2.90. The number of amides is 2.